The van der Waals surface area contributed by atoms with Crippen LogP contribution >= 0.6 is 0 Å². The zero-order valence-corrected chi connectivity index (χ0v) is 21.9. The van der Waals surface area contributed by atoms with Gasteiger partial charge < -0.3 is 10.2 Å². The molecular formula is C34H26N4O2. The third-order valence-electron chi connectivity index (χ3n) is 9.25. The molecule has 4 aliphatic rings. The van der Waals surface area contributed by atoms with Gasteiger partial charge in [-0.05, 0) is 35.2 Å². The van der Waals surface area contributed by atoms with E-state index < -0.39 is 29.6 Å². The molecule has 8 rings (SSSR count). The summed E-state index contributed by atoms with van der Waals surface area (Å²) in [7, 11) is 0. The quantitative estimate of drug-likeness (QED) is 0.362. The van der Waals surface area contributed by atoms with Gasteiger partial charge >= 0.3 is 0 Å². The number of amides is 1. The predicted molar refractivity (Wildman–Crippen MR) is 152 cm³/mol. The van der Waals surface area contributed by atoms with Crippen LogP contribution in [-0.4, -0.2) is 28.8 Å². The number of benzene rings is 4. The van der Waals surface area contributed by atoms with Gasteiger partial charge in [-0.3, -0.25) is 4.79 Å². The van der Waals surface area contributed by atoms with Crippen molar-refractivity contribution in [2.24, 2.45) is 5.16 Å². The molecule has 6 heteroatoms. The molecule has 0 aromatic heterocycles. The van der Waals surface area contributed by atoms with Gasteiger partial charge in [0.2, 0.25) is 5.91 Å². The molecule has 0 bridgehead atoms. The van der Waals surface area contributed by atoms with Crippen LogP contribution < -0.4 is 5.32 Å². The molecule has 0 aliphatic carbocycles. The third-order valence-corrected chi connectivity index (χ3v) is 9.25. The molecule has 6 atom stereocenters. The molecule has 1 spiro atoms. The van der Waals surface area contributed by atoms with E-state index in [1.165, 1.54) is 0 Å². The van der Waals surface area contributed by atoms with E-state index in [0.29, 0.717) is 0 Å². The maximum absolute atomic E-state index is 14.5. The summed E-state index contributed by atoms with van der Waals surface area (Å²) in [6, 6.07) is 36.2. The molecule has 1 N–H and O–H groups in total. The molecule has 1 fully saturated rings. The van der Waals surface area contributed by atoms with Crippen molar-refractivity contribution in [3.8, 4) is 6.07 Å². The van der Waals surface area contributed by atoms with Crippen LogP contribution in [0.4, 0.5) is 5.69 Å². The Labute approximate surface area is 232 Å². The largest absolute Gasteiger partial charge is 0.375 e. The number of hydrogen-bond donors (Lipinski definition) is 1. The summed E-state index contributed by atoms with van der Waals surface area (Å²) in [5, 5.41) is 18.7. The van der Waals surface area contributed by atoms with Gasteiger partial charge in [-0.2, -0.15) is 5.26 Å². The predicted octanol–water partition coefficient (Wildman–Crippen LogP) is 5.78. The lowest BCUT2D eigenvalue weighted by atomic mass is 9.62. The highest BCUT2D eigenvalue weighted by atomic mass is 16.7. The van der Waals surface area contributed by atoms with Crippen molar-refractivity contribution in [3.05, 3.63) is 137 Å². The number of carbonyl (C=O) groups is 1. The van der Waals surface area contributed by atoms with Crippen molar-refractivity contribution in [1.82, 2.24) is 4.90 Å². The number of aryl methyl sites for hydroxylation is 1. The van der Waals surface area contributed by atoms with E-state index in [9.17, 15) is 10.1 Å². The van der Waals surface area contributed by atoms with Gasteiger partial charge in [0.25, 0.3) is 0 Å². The van der Waals surface area contributed by atoms with E-state index >= 15 is 0 Å². The maximum Gasteiger partial charge on any atom is 0.237 e. The topological polar surface area (TPSA) is 77.7 Å². The Morgan fingerprint density at radius 3 is 2.38 bits per heavy atom. The van der Waals surface area contributed by atoms with Crippen LogP contribution in [0.3, 0.4) is 0 Å². The molecule has 194 valence electrons. The fourth-order valence-corrected chi connectivity index (χ4v) is 7.71. The summed E-state index contributed by atoms with van der Waals surface area (Å²) < 4.78 is 0. The van der Waals surface area contributed by atoms with Crippen molar-refractivity contribution in [3.63, 3.8) is 0 Å². The van der Waals surface area contributed by atoms with Crippen molar-refractivity contribution < 1.29 is 9.63 Å². The number of fused-ring (bicyclic) bond motifs is 9. The standard InChI is InChI=1S/C34H26N4O2/c1-20-15-17-21(18-16-20)29-27(19-35)38-31(34(29)25-13-7-8-14-26(25)36-33(34)39)24-12-6-5-11-23(24)28-30(37-40-32(28)38)22-9-3-2-4-10-22/h2-18,27-29,31-32H,1H3,(H,36,39)/t27-,28+,29+,31+,32-,34-/m0/s1. The number of anilines is 1. The number of nitriles is 1. The molecule has 4 aliphatic heterocycles. The minimum absolute atomic E-state index is 0.0810. The SMILES string of the molecule is Cc1ccc([C@@H]2[C@H](C#N)N3[C@H]4ON=C(c5ccccc5)[C@H]4c4ccccc4[C@@H]3[C@@]23C(=O)Nc2ccccc23)cc1. The Hall–Kier alpha value is -4.73. The monoisotopic (exact) mass is 522 g/mol. The molecule has 1 amide bonds. The Bertz CT molecular complexity index is 1740. The van der Waals surface area contributed by atoms with Crippen LogP contribution in [0.5, 0.6) is 0 Å². The normalized spacial score (nSPS) is 29.4. The lowest BCUT2D eigenvalue weighted by Crippen LogP contribution is -2.51. The van der Waals surface area contributed by atoms with E-state index in [0.717, 1.165) is 44.8 Å². The van der Waals surface area contributed by atoms with Crippen LogP contribution in [0.2, 0.25) is 0 Å². The lowest BCUT2D eigenvalue weighted by Gasteiger charge is -2.44. The second-order valence-corrected chi connectivity index (χ2v) is 11.1. The molecule has 1 saturated heterocycles. The van der Waals surface area contributed by atoms with Crippen LogP contribution in [-0.2, 0) is 15.0 Å². The van der Waals surface area contributed by atoms with Crippen LogP contribution in [0.1, 0.15) is 51.3 Å². The van der Waals surface area contributed by atoms with E-state index in [4.69, 9.17) is 4.84 Å². The van der Waals surface area contributed by atoms with Gasteiger partial charge in [0.05, 0.1) is 23.7 Å². The maximum atomic E-state index is 14.5. The van der Waals surface area contributed by atoms with Gasteiger partial charge in [0.15, 0.2) is 6.23 Å². The summed E-state index contributed by atoms with van der Waals surface area (Å²) in [5.74, 6) is -0.704. The Morgan fingerprint density at radius 1 is 0.900 bits per heavy atom. The van der Waals surface area contributed by atoms with Crippen LogP contribution in [0.15, 0.2) is 108 Å². The summed E-state index contributed by atoms with van der Waals surface area (Å²) in [5.41, 5.74) is 6.75. The smallest absolute Gasteiger partial charge is 0.237 e. The van der Waals surface area contributed by atoms with E-state index in [2.05, 4.69) is 57.8 Å². The number of carbonyl (C=O) groups excluding carboxylic acids is 1. The molecule has 0 unspecified atom stereocenters. The van der Waals surface area contributed by atoms with Crippen LogP contribution in [0.25, 0.3) is 0 Å². The van der Waals surface area contributed by atoms with Gasteiger partial charge in [0.1, 0.15) is 11.5 Å². The molecule has 4 aromatic carbocycles. The van der Waals surface area contributed by atoms with E-state index in [1.807, 2.05) is 73.7 Å². The number of nitrogens with one attached hydrogen (secondary N) is 1. The fourth-order valence-electron chi connectivity index (χ4n) is 7.71. The summed E-state index contributed by atoms with van der Waals surface area (Å²) in [6.07, 6.45) is -0.521. The first kappa shape index (κ1) is 23.2. The van der Waals surface area contributed by atoms with Crippen molar-refractivity contribution in [2.45, 2.75) is 42.5 Å². The highest BCUT2D eigenvalue weighted by Gasteiger charge is 2.72. The van der Waals surface area contributed by atoms with Gasteiger partial charge in [-0.1, -0.05) is 108 Å². The zero-order valence-electron chi connectivity index (χ0n) is 21.9. The summed E-state index contributed by atoms with van der Waals surface area (Å²) in [4.78, 5) is 22.9. The van der Waals surface area contributed by atoms with Crippen molar-refractivity contribution in [2.75, 3.05) is 5.32 Å². The van der Waals surface area contributed by atoms with Gasteiger partial charge in [0, 0.05) is 17.2 Å². The molecule has 0 radical (unpaired) electrons. The number of para-hydroxylation sites is 1. The molecule has 6 nitrogen and oxygen atoms in total. The summed E-state index contributed by atoms with van der Waals surface area (Å²) in [6.45, 7) is 2.05. The minimum Gasteiger partial charge on any atom is -0.375 e. The highest BCUT2D eigenvalue weighted by Crippen LogP contribution is 2.66. The average Bonchev–Trinajstić information content (AvgIpc) is 3.65. The molecular weight excluding hydrogens is 496 g/mol. The number of nitrogens with zero attached hydrogens (tertiary/aromatic N) is 3. The third kappa shape index (κ3) is 2.85. The minimum atomic E-state index is -1.04. The zero-order chi connectivity index (χ0) is 27.0. The van der Waals surface area contributed by atoms with Crippen LogP contribution in [0, 0.1) is 18.3 Å². The Morgan fingerprint density at radius 2 is 1.60 bits per heavy atom. The number of hydrogen-bond acceptors (Lipinski definition) is 5. The molecule has 40 heavy (non-hydrogen) atoms. The first-order valence-electron chi connectivity index (χ1n) is 13.7. The van der Waals surface area contributed by atoms with Gasteiger partial charge in [-0.25, -0.2) is 4.90 Å². The highest BCUT2D eigenvalue weighted by molar-refractivity contribution is 6.09. The molecule has 4 aromatic rings. The van der Waals surface area contributed by atoms with Gasteiger partial charge in [-0.15, -0.1) is 0 Å². The van der Waals surface area contributed by atoms with Crippen molar-refractivity contribution >= 4 is 17.3 Å². The fraction of sp³-hybridized carbons (Fsp3) is 0.206. The van der Waals surface area contributed by atoms with E-state index in [-0.39, 0.29) is 11.8 Å². The second-order valence-electron chi connectivity index (χ2n) is 11.1. The summed E-state index contributed by atoms with van der Waals surface area (Å²) >= 11 is 0. The van der Waals surface area contributed by atoms with Crippen molar-refractivity contribution in [1.29, 1.82) is 5.26 Å². The average molecular weight is 523 g/mol. The number of rotatable bonds is 2. The molecule has 4 heterocycles. The molecule has 0 saturated carbocycles. The lowest BCUT2D eigenvalue weighted by molar-refractivity contribution is -0.124. The number of oxime groups is 1. The second kappa shape index (κ2) is 8.38. The first-order valence-corrected chi connectivity index (χ1v) is 13.7. The Balaban J connectivity index is 1.42. The Kier molecular flexibility index (Phi) is 4.86. The first-order chi connectivity index (χ1) is 19.6. The van der Waals surface area contributed by atoms with E-state index in [1.54, 1.807) is 0 Å².